The number of rotatable bonds is 2. The first-order valence-corrected chi connectivity index (χ1v) is 4.63. The van der Waals surface area contributed by atoms with Crippen molar-refractivity contribution < 1.29 is 13.2 Å². The highest BCUT2D eigenvalue weighted by Crippen LogP contribution is 2.36. The van der Waals surface area contributed by atoms with Crippen LogP contribution in [-0.2, 0) is 0 Å². The highest BCUT2D eigenvalue weighted by atomic mass is 79.9. The smallest absolute Gasteiger partial charge is 0.330 e. The molecule has 1 heterocycles. The van der Waals surface area contributed by atoms with Gasteiger partial charge in [0.05, 0.1) is 5.92 Å². The maximum atomic E-state index is 12.5. The highest BCUT2D eigenvalue weighted by Gasteiger charge is 2.40. The average Bonchev–Trinajstić information content (AvgIpc) is 2.07. The van der Waals surface area contributed by atoms with Gasteiger partial charge >= 0.3 is 6.18 Å². The Kier molecular flexibility index (Phi) is 3.49. The van der Waals surface area contributed by atoms with Gasteiger partial charge < -0.3 is 5.73 Å². The lowest BCUT2D eigenvalue weighted by Gasteiger charge is -2.19. The number of aromatic nitrogens is 1. The largest absolute Gasteiger partial charge is 0.397 e. The van der Waals surface area contributed by atoms with Crippen LogP contribution in [0.5, 0.6) is 0 Å². The Morgan fingerprint density at radius 1 is 1.50 bits per heavy atom. The van der Waals surface area contributed by atoms with Gasteiger partial charge in [0.15, 0.2) is 0 Å². The number of halogens is 4. The van der Waals surface area contributed by atoms with Gasteiger partial charge in [0, 0.05) is 12.7 Å². The molecule has 0 aromatic carbocycles. The van der Waals surface area contributed by atoms with Gasteiger partial charge in [-0.3, -0.25) is 0 Å². The van der Waals surface area contributed by atoms with Gasteiger partial charge in [-0.25, -0.2) is 4.98 Å². The van der Waals surface area contributed by atoms with E-state index in [2.05, 4.69) is 20.9 Å². The van der Waals surface area contributed by atoms with Gasteiger partial charge in [0.1, 0.15) is 4.60 Å². The van der Waals surface area contributed by atoms with E-state index in [4.69, 9.17) is 5.73 Å². The molecule has 0 saturated heterocycles. The molecule has 0 saturated carbocycles. The first kappa shape index (κ1) is 11.5. The predicted molar refractivity (Wildman–Crippen MR) is 49.8 cm³/mol. The van der Waals surface area contributed by atoms with E-state index in [1.807, 2.05) is 0 Å². The highest BCUT2D eigenvalue weighted by molar-refractivity contribution is 9.10. The normalized spacial score (nSPS) is 14.1. The molecular weight excluding hydrogens is 261 g/mol. The molecule has 0 radical (unpaired) electrons. The topological polar surface area (TPSA) is 38.9 Å². The molecule has 14 heavy (non-hydrogen) atoms. The minimum absolute atomic E-state index is 0.0718. The molecule has 0 spiro atoms. The molecule has 0 bridgehead atoms. The molecule has 0 fully saturated rings. The molecular formula is C8H8BrF3N2. The van der Waals surface area contributed by atoms with Crippen LogP contribution in [-0.4, -0.2) is 17.7 Å². The second-order valence-electron chi connectivity index (χ2n) is 2.71. The number of nitrogens with zero attached hydrogens (tertiary/aromatic N) is 1. The van der Waals surface area contributed by atoms with E-state index < -0.39 is 18.6 Å². The van der Waals surface area contributed by atoms with Crippen LogP contribution in [0.2, 0.25) is 0 Å². The van der Waals surface area contributed by atoms with Crippen molar-refractivity contribution in [1.29, 1.82) is 0 Å². The molecule has 1 aromatic rings. The lowest BCUT2D eigenvalue weighted by Crippen LogP contribution is -2.28. The van der Waals surface area contributed by atoms with Crippen LogP contribution in [0.15, 0.2) is 22.9 Å². The number of hydrogen-bond donors (Lipinski definition) is 1. The van der Waals surface area contributed by atoms with Crippen LogP contribution in [0.3, 0.4) is 0 Å². The van der Waals surface area contributed by atoms with Crippen molar-refractivity contribution in [3.05, 3.63) is 28.5 Å². The average molecular weight is 269 g/mol. The molecule has 1 aromatic heterocycles. The maximum Gasteiger partial charge on any atom is 0.397 e. The summed E-state index contributed by atoms with van der Waals surface area (Å²) < 4.78 is 37.6. The van der Waals surface area contributed by atoms with Crippen LogP contribution in [0.25, 0.3) is 0 Å². The monoisotopic (exact) mass is 268 g/mol. The Morgan fingerprint density at radius 2 is 2.14 bits per heavy atom. The summed E-state index contributed by atoms with van der Waals surface area (Å²) in [5.41, 5.74) is 5.16. The van der Waals surface area contributed by atoms with Crippen molar-refractivity contribution in [3.8, 4) is 0 Å². The minimum Gasteiger partial charge on any atom is -0.330 e. The molecule has 0 amide bonds. The van der Waals surface area contributed by atoms with Gasteiger partial charge in [-0.05, 0) is 27.6 Å². The zero-order valence-corrected chi connectivity index (χ0v) is 8.64. The van der Waals surface area contributed by atoms with Gasteiger partial charge in [-0.15, -0.1) is 0 Å². The first-order chi connectivity index (χ1) is 6.46. The second kappa shape index (κ2) is 4.27. The van der Waals surface area contributed by atoms with E-state index in [1.165, 1.54) is 18.3 Å². The third-order valence-electron chi connectivity index (χ3n) is 1.79. The third-order valence-corrected chi connectivity index (χ3v) is 2.46. The molecule has 0 aliphatic heterocycles. The molecule has 6 heteroatoms. The van der Waals surface area contributed by atoms with Crippen molar-refractivity contribution in [2.75, 3.05) is 6.54 Å². The summed E-state index contributed by atoms with van der Waals surface area (Å²) in [5.74, 6) is -1.66. The molecule has 2 N–H and O–H groups in total. The molecule has 0 aliphatic carbocycles. The number of nitrogens with two attached hydrogens (primary N) is 1. The Balaban J connectivity index is 3.08. The van der Waals surface area contributed by atoms with Crippen molar-refractivity contribution in [2.24, 2.45) is 5.73 Å². The first-order valence-electron chi connectivity index (χ1n) is 3.84. The summed E-state index contributed by atoms with van der Waals surface area (Å²) in [6.07, 6.45) is -2.92. The van der Waals surface area contributed by atoms with Crippen molar-refractivity contribution in [1.82, 2.24) is 4.98 Å². The summed E-state index contributed by atoms with van der Waals surface area (Å²) in [6.45, 7) is -0.478. The fourth-order valence-electron chi connectivity index (χ4n) is 1.10. The quantitative estimate of drug-likeness (QED) is 0.837. The van der Waals surface area contributed by atoms with Gasteiger partial charge in [0.25, 0.3) is 0 Å². The van der Waals surface area contributed by atoms with E-state index in [9.17, 15) is 13.2 Å². The fourth-order valence-corrected chi connectivity index (χ4v) is 1.62. The SMILES string of the molecule is NCC(c1cccnc1Br)C(F)(F)F. The molecule has 1 unspecified atom stereocenters. The van der Waals surface area contributed by atoms with Crippen LogP contribution in [0.4, 0.5) is 13.2 Å². The van der Waals surface area contributed by atoms with Crippen molar-refractivity contribution in [3.63, 3.8) is 0 Å². The summed E-state index contributed by atoms with van der Waals surface area (Å²) >= 11 is 2.96. The van der Waals surface area contributed by atoms with E-state index in [0.717, 1.165) is 0 Å². The van der Waals surface area contributed by atoms with E-state index in [0.29, 0.717) is 0 Å². The van der Waals surface area contributed by atoms with Crippen LogP contribution in [0, 0.1) is 0 Å². The Labute approximate surface area is 87.4 Å². The predicted octanol–water partition coefficient (Wildman–Crippen LogP) is 2.45. The Morgan fingerprint density at radius 3 is 2.57 bits per heavy atom. The third kappa shape index (κ3) is 2.45. The Bertz CT molecular complexity index is 314. The van der Waals surface area contributed by atoms with Gasteiger partial charge in [-0.2, -0.15) is 13.2 Å². The van der Waals surface area contributed by atoms with E-state index in [-0.39, 0.29) is 10.2 Å². The van der Waals surface area contributed by atoms with Crippen molar-refractivity contribution in [2.45, 2.75) is 12.1 Å². The fraction of sp³-hybridized carbons (Fsp3) is 0.375. The number of pyridine rings is 1. The van der Waals surface area contributed by atoms with Gasteiger partial charge in [-0.1, -0.05) is 6.07 Å². The lowest BCUT2D eigenvalue weighted by atomic mass is 10.0. The number of alkyl halides is 3. The molecule has 2 nitrogen and oxygen atoms in total. The molecule has 0 aliphatic rings. The Hall–Kier alpha value is -0.620. The molecule has 78 valence electrons. The standard InChI is InChI=1S/C8H8BrF3N2/c9-7-5(2-1-3-14-7)6(4-13)8(10,11)12/h1-3,6H,4,13H2. The van der Waals surface area contributed by atoms with Crippen LogP contribution < -0.4 is 5.73 Å². The lowest BCUT2D eigenvalue weighted by molar-refractivity contribution is -0.148. The van der Waals surface area contributed by atoms with E-state index >= 15 is 0 Å². The van der Waals surface area contributed by atoms with E-state index in [1.54, 1.807) is 0 Å². The molecule has 1 rings (SSSR count). The zero-order chi connectivity index (χ0) is 10.8. The zero-order valence-electron chi connectivity index (χ0n) is 7.05. The van der Waals surface area contributed by atoms with Crippen LogP contribution >= 0.6 is 15.9 Å². The van der Waals surface area contributed by atoms with Crippen LogP contribution in [0.1, 0.15) is 11.5 Å². The summed E-state index contributed by atoms with van der Waals surface area (Å²) in [4.78, 5) is 3.72. The second-order valence-corrected chi connectivity index (χ2v) is 3.46. The van der Waals surface area contributed by atoms with Gasteiger partial charge in [0.2, 0.25) is 0 Å². The minimum atomic E-state index is -4.33. The summed E-state index contributed by atoms with van der Waals surface area (Å²) in [6, 6.07) is 2.82. The summed E-state index contributed by atoms with van der Waals surface area (Å²) in [7, 11) is 0. The number of hydrogen-bond acceptors (Lipinski definition) is 2. The maximum absolute atomic E-state index is 12.5. The summed E-state index contributed by atoms with van der Waals surface area (Å²) in [5, 5.41) is 0. The van der Waals surface area contributed by atoms with Crippen molar-refractivity contribution >= 4 is 15.9 Å². The molecule has 1 atom stereocenters.